The fraction of sp³-hybridized carbons (Fsp3) is 0.190. The third-order valence-corrected chi connectivity index (χ3v) is 5.22. The quantitative estimate of drug-likeness (QED) is 0.591. The Kier molecular flexibility index (Phi) is 4.18. The summed E-state index contributed by atoms with van der Waals surface area (Å²) in [6.07, 6.45) is -6.35. The molecule has 0 bridgehead atoms. The highest BCUT2D eigenvalue weighted by Gasteiger charge is 2.60. The number of furan rings is 1. The topological polar surface area (TPSA) is 92.4 Å². The number of anilines is 1. The zero-order valence-electron chi connectivity index (χ0n) is 15.9. The van der Waals surface area contributed by atoms with Crippen molar-refractivity contribution in [3.8, 4) is 17.2 Å². The third kappa shape index (κ3) is 2.96. The van der Waals surface area contributed by atoms with Crippen LogP contribution in [-0.4, -0.2) is 22.4 Å². The van der Waals surface area contributed by atoms with Crippen LogP contribution in [0.1, 0.15) is 17.1 Å². The molecule has 7 nitrogen and oxygen atoms in total. The minimum Gasteiger partial charge on any atom is -0.508 e. The number of phenols is 1. The molecule has 2 N–H and O–H groups in total. The largest absolute Gasteiger partial charge is 0.508 e. The van der Waals surface area contributed by atoms with Crippen molar-refractivity contribution >= 4 is 11.6 Å². The predicted octanol–water partition coefficient (Wildman–Crippen LogP) is 3.68. The minimum absolute atomic E-state index is 0.0495. The van der Waals surface area contributed by atoms with E-state index in [0.29, 0.717) is 0 Å². The lowest BCUT2D eigenvalue weighted by molar-refractivity contribution is -0.166. The maximum Gasteiger partial charge on any atom is 0.449 e. The first-order chi connectivity index (χ1) is 15.1. The summed E-state index contributed by atoms with van der Waals surface area (Å²) in [4.78, 5) is 14.2. The van der Waals surface area contributed by atoms with Crippen molar-refractivity contribution in [2.45, 2.75) is 24.6 Å². The van der Waals surface area contributed by atoms with E-state index in [9.17, 15) is 32.6 Å². The molecule has 3 heterocycles. The summed E-state index contributed by atoms with van der Waals surface area (Å²) < 4.78 is 68.4. The summed E-state index contributed by atoms with van der Waals surface area (Å²) in [5.74, 6) is -3.19. The molecule has 11 heteroatoms. The van der Waals surface area contributed by atoms with Gasteiger partial charge in [-0.1, -0.05) is 0 Å². The van der Waals surface area contributed by atoms with Gasteiger partial charge in [0.15, 0.2) is 11.5 Å². The van der Waals surface area contributed by atoms with Crippen LogP contribution in [0.5, 0.6) is 17.2 Å². The second-order valence-corrected chi connectivity index (χ2v) is 7.28. The van der Waals surface area contributed by atoms with E-state index in [1.807, 2.05) is 0 Å². The van der Waals surface area contributed by atoms with Gasteiger partial charge in [0, 0.05) is 11.6 Å². The molecule has 1 amide bonds. The summed E-state index contributed by atoms with van der Waals surface area (Å²) in [6.45, 7) is -0.462. The first kappa shape index (κ1) is 20.2. The second-order valence-electron chi connectivity index (χ2n) is 7.28. The van der Waals surface area contributed by atoms with Crippen LogP contribution in [-0.2, 0) is 23.1 Å². The molecule has 166 valence electrons. The highest BCUT2D eigenvalue weighted by Crippen LogP contribution is 2.49. The fourth-order valence-corrected chi connectivity index (χ4v) is 3.75. The smallest absolute Gasteiger partial charge is 0.449 e. The lowest BCUT2D eigenvalue weighted by Crippen LogP contribution is -2.52. The molecule has 32 heavy (non-hydrogen) atoms. The van der Waals surface area contributed by atoms with Gasteiger partial charge in [0.1, 0.15) is 17.3 Å². The van der Waals surface area contributed by atoms with Crippen LogP contribution >= 0.6 is 0 Å². The van der Waals surface area contributed by atoms with Gasteiger partial charge in [-0.15, -0.1) is 0 Å². The maximum absolute atomic E-state index is 14.0. The molecular weight excluding hydrogens is 438 g/mol. The monoisotopic (exact) mass is 451 g/mol. The van der Waals surface area contributed by atoms with E-state index in [0.717, 1.165) is 29.2 Å². The van der Waals surface area contributed by atoms with Crippen molar-refractivity contribution < 1.29 is 46.5 Å². The average Bonchev–Trinajstić information content (AvgIpc) is 3.41. The maximum atomic E-state index is 14.0. The van der Waals surface area contributed by atoms with Crippen LogP contribution in [0.15, 0.2) is 52.9 Å². The number of aromatic hydroxyl groups is 1. The fourth-order valence-electron chi connectivity index (χ4n) is 3.75. The van der Waals surface area contributed by atoms with Gasteiger partial charge < -0.3 is 29.0 Å². The molecule has 2 aromatic carbocycles. The number of hydrogen-bond acceptors (Lipinski definition) is 6. The van der Waals surface area contributed by atoms with E-state index in [1.165, 1.54) is 24.3 Å². The van der Waals surface area contributed by atoms with Crippen molar-refractivity contribution in [3.63, 3.8) is 0 Å². The number of phenolic OH excluding ortho intramolecular Hbond substituents is 1. The number of ether oxygens (including phenoxy) is 2. The number of carbonyl (C=O) groups is 1. The van der Waals surface area contributed by atoms with Crippen LogP contribution < -0.4 is 14.4 Å². The number of aliphatic hydroxyl groups is 1. The van der Waals surface area contributed by atoms with Gasteiger partial charge in [-0.2, -0.15) is 13.2 Å². The van der Waals surface area contributed by atoms with Crippen molar-refractivity contribution in [1.29, 1.82) is 0 Å². The number of amides is 1. The van der Waals surface area contributed by atoms with Crippen LogP contribution in [0.25, 0.3) is 0 Å². The van der Waals surface area contributed by atoms with Crippen molar-refractivity contribution in [2.24, 2.45) is 0 Å². The van der Waals surface area contributed by atoms with Crippen LogP contribution in [0.3, 0.4) is 0 Å². The summed E-state index contributed by atoms with van der Waals surface area (Å²) in [7, 11) is 0. The van der Waals surface area contributed by atoms with E-state index in [4.69, 9.17) is 13.9 Å². The number of fused-ring (bicyclic) bond motifs is 2. The number of benzene rings is 2. The molecule has 1 aromatic heterocycles. The standard InChI is InChI=1S/C21H13F4NO6/c22-10-1-4-14-13(7-10)20(29,19-31-15-5-2-11(27)8-16(15)32-19)18(28)26(14)9-12-3-6-17(30-12)21(23,24)25/h1-8,19,27,29H,9H2. The molecule has 5 rings (SSSR count). The second kappa shape index (κ2) is 6.63. The molecule has 2 aliphatic rings. The summed E-state index contributed by atoms with van der Waals surface area (Å²) >= 11 is 0. The highest BCUT2D eigenvalue weighted by molar-refractivity contribution is 6.07. The van der Waals surface area contributed by atoms with E-state index in [-0.39, 0.29) is 34.3 Å². The summed E-state index contributed by atoms with van der Waals surface area (Å²) in [5.41, 5.74) is -2.66. The Morgan fingerprint density at radius 3 is 2.50 bits per heavy atom. The first-order valence-corrected chi connectivity index (χ1v) is 9.24. The molecule has 0 saturated carbocycles. The molecule has 0 fully saturated rings. The Hall–Kier alpha value is -3.73. The van der Waals surface area contributed by atoms with Gasteiger partial charge in [-0.3, -0.25) is 4.79 Å². The number of nitrogens with zero attached hydrogens (tertiary/aromatic N) is 1. The number of hydrogen-bond donors (Lipinski definition) is 2. The van der Waals surface area contributed by atoms with Gasteiger partial charge in [0.2, 0.25) is 11.4 Å². The Morgan fingerprint density at radius 1 is 1.03 bits per heavy atom. The Labute approximate surface area is 177 Å². The Bertz CT molecular complexity index is 1240. The molecule has 0 spiro atoms. The molecule has 0 radical (unpaired) electrons. The molecule has 2 atom stereocenters. The minimum atomic E-state index is -4.71. The van der Waals surface area contributed by atoms with Gasteiger partial charge in [0.25, 0.3) is 12.2 Å². The zero-order chi connectivity index (χ0) is 22.8. The van der Waals surface area contributed by atoms with Crippen LogP contribution in [0, 0.1) is 5.82 Å². The highest BCUT2D eigenvalue weighted by atomic mass is 19.4. The van der Waals surface area contributed by atoms with E-state index >= 15 is 0 Å². The normalized spacial score (nSPS) is 21.8. The number of alkyl halides is 3. The molecule has 0 aliphatic carbocycles. The SMILES string of the molecule is O=C1N(Cc2ccc(C(F)(F)F)o2)c2ccc(F)cc2C1(O)C1Oc2ccc(O)cc2O1. The molecule has 0 saturated heterocycles. The van der Waals surface area contributed by atoms with Crippen LogP contribution in [0.2, 0.25) is 0 Å². The molecular formula is C21H13F4NO6. The third-order valence-electron chi connectivity index (χ3n) is 5.22. The van der Waals surface area contributed by atoms with E-state index < -0.39 is 42.1 Å². The van der Waals surface area contributed by atoms with Gasteiger partial charge >= 0.3 is 6.18 Å². The molecule has 2 unspecified atom stereocenters. The summed E-state index contributed by atoms with van der Waals surface area (Å²) in [5, 5.41) is 21.0. The lowest BCUT2D eigenvalue weighted by Gasteiger charge is -2.27. The lowest BCUT2D eigenvalue weighted by atomic mass is 9.94. The Morgan fingerprint density at radius 2 is 1.78 bits per heavy atom. The van der Waals surface area contributed by atoms with Crippen LogP contribution in [0.4, 0.5) is 23.2 Å². The van der Waals surface area contributed by atoms with Crippen molar-refractivity contribution in [2.75, 3.05) is 4.90 Å². The van der Waals surface area contributed by atoms with Gasteiger partial charge in [-0.05, 0) is 42.5 Å². The van der Waals surface area contributed by atoms with Crippen molar-refractivity contribution in [1.82, 2.24) is 0 Å². The molecule has 3 aromatic rings. The Balaban J connectivity index is 1.52. The van der Waals surface area contributed by atoms with E-state index in [1.54, 1.807) is 0 Å². The van der Waals surface area contributed by atoms with Gasteiger partial charge in [-0.25, -0.2) is 4.39 Å². The number of carbonyl (C=O) groups excluding carboxylic acids is 1. The summed E-state index contributed by atoms with van der Waals surface area (Å²) in [6, 6.07) is 8.82. The number of rotatable bonds is 3. The predicted molar refractivity (Wildman–Crippen MR) is 98.3 cm³/mol. The molecule has 2 aliphatic heterocycles. The number of halogens is 4. The zero-order valence-corrected chi connectivity index (χ0v) is 15.9. The first-order valence-electron chi connectivity index (χ1n) is 9.24. The van der Waals surface area contributed by atoms with E-state index in [2.05, 4.69) is 0 Å². The average molecular weight is 451 g/mol. The van der Waals surface area contributed by atoms with Crippen molar-refractivity contribution in [3.05, 3.63) is 71.4 Å². The van der Waals surface area contributed by atoms with Gasteiger partial charge in [0.05, 0.1) is 12.2 Å².